The Bertz CT molecular complexity index is 350. The number of rotatable bonds is 3. The lowest BCUT2D eigenvalue weighted by atomic mass is 9.86. The third-order valence-corrected chi connectivity index (χ3v) is 3.57. The van der Waals surface area contributed by atoms with E-state index >= 15 is 0 Å². The van der Waals surface area contributed by atoms with Gasteiger partial charge in [0.2, 0.25) is 5.91 Å². The molecule has 1 aliphatic carbocycles. The van der Waals surface area contributed by atoms with Crippen molar-refractivity contribution in [3.63, 3.8) is 0 Å². The number of alkyl carbamates (subject to hydrolysis) is 1. The molecular formula is C15H28N2O3. The van der Waals surface area contributed by atoms with Crippen LogP contribution in [0.1, 0.15) is 60.3 Å². The fourth-order valence-electron chi connectivity index (χ4n) is 2.39. The summed E-state index contributed by atoms with van der Waals surface area (Å²) in [5.74, 6) is 0.357. The fraction of sp³-hybridized carbons (Fsp3) is 0.867. The van der Waals surface area contributed by atoms with Crippen LogP contribution in [0.2, 0.25) is 0 Å². The molecule has 0 heterocycles. The first kappa shape index (κ1) is 16.8. The van der Waals surface area contributed by atoms with Gasteiger partial charge in [0.15, 0.2) is 0 Å². The number of carbonyl (C=O) groups is 2. The van der Waals surface area contributed by atoms with E-state index in [4.69, 9.17) is 4.74 Å². The maximum atomic E-state index is 12.1. The first-order chi connectivity index (χ1) is 9.19. The van der Waals surface area contributed by atoms with Crippen LogP contribution >= 0.6 is 0 Å². The van der Waals surface area contributed by atoms with Crippen LogP contribution in [0.4, 0.5) is 4.79 Å². The van der Waals surface area contributed by atoms with Gasteiger partial charge in [-0.1, -0.05) is 19.8 Å². The van der Waals surface area contributed by atoms with Crippen molar-refractivity contribution >= 4 is 12.0 Å². The van der Waals surface area contributed by atoms with Crippen molar-refractivity contribution < 1.29 is 14.3 Å². The summed E-state index contributed by atoms with van der Waals surface area (Å²) < 4.78 is 5.14. The summed E-state index contributed by atoms with van der Waals surface area (Å²) in [6.07, 6.45) is 4.00. The Hall–Kier alpha value is -1.26. The van der Waals surface area contributed by atoms with Crippen molar-refractivity contribution in [1.82, 2.24) is 10.6 Å². The Balaban J connectivity index is 2.40. The summed E-state index contributed by atoms with van der Waals surface area (Å²) in [6.45, 7) is 9.21. The molecule has 1 rings (SSSR count). The molecule has 0 saturated heterocycles. The number of hydrogen-bond donors (Lipinski definition) is 2. The van der Waals surface area contributed by atoms with Crippen molar-refractivity contribution in [3.8, 4) is 0 Å². The summed E-state index contributed by atoms with van der Waals surface area (Å²) in [5, 5.41) is 5.59. The first-order valence-electron chi connectivity index (χ1n) is 7.49. The van der Waals surface area contributed by atoms with Crippen LogP contribution < -0.4 is 10.6 Å². The van der Waals surface area contributed by atoms with E-state index in [1.54, 1.807) is 27.7 Å². The molecule has 5 heteroatoms. The average Bonchev–Trinajstić information content (AvgIpc) is 2.29. The van der Waals surface area contributed by atoms with Gasteiger partial charge in [0.1, 0.15) is 11.6 Å². The minimum Gasteiger partial charge on any atom is -0.444 e. The molecule has 1 fully saturated rings. The molecule has 2 amide bonds. The Morgan fingerprint density at radius 3 is 2.35 bits per heavy atom. The molecule has 2 N–H and O–H groups in total. The van der Waals surface area contributed by atoms with Gasteiger partial charge < -0.3 is 15.4 Å². The number of hydrogen-bond acceptors (Lipinski definition) is 3. The van der Waals surface area contributed by atoms with Crippen molar-refractivity contribution in [3.05, 3.63) is 0 Å². The van der Waals surface area contributed by atoms with Gasteiger partial charge in [-0.15, -0.1) is 0 Å². The van der Waals surface area contributed by atoms with Crippen LogP contribution in [0.5, 0.6) is 0 Å². The van der Waals surface area contributed by atoms with E-state index in [-0.39, 0.29) is 11.9 Å². The molecule has 0 bridgehead atoms. The Labute approximate surface area is 121 Å². The third-order valence-electron chi connectivity index (χ3n) is 3.57. The maximum Gasteiger partial charge on any atom is 0.408 e. The molecular weight excluding hydrogens is 256 g/mol. The lowest BCUT2D eigenvalue weighted by molar-refractivity contribution is -0.124. The lowest BCUT2D eigenvalue weighted by Gasteiger charge is -2.30. The zero-order chi connectivity index (χ0) is 15.3. The summed E-state index contributed by atoms with van der Waals surface area (Å²) in [7, 11) is 0. The molecule has 0 aromatic rings. The molecule has 0 aromatic heterocycles. The predicted octanol–water partition coefficient (Wildman–Crippen LogP) is 2.59. The smallest absolute Gasteiger partial charge is 0.408 e. The van der Waals surface area contributed by atoms with E-state index in [1.165, 1.54) is 6.42 Å². The molecule has 0 aromatic carbocycles. The second kappa shape index (κ2) is 6.95. The zero-order valence-corrected chi connectivity index (χ0v) is 13.3. The fourth-order valence-corrected chi connectivity index (χ4v) is 2.39. The van der Waals surface area contributed by atoms with E-state index < -0.39 is 17.7 Å². The number of ether oxygens (including phenoxy) is 1. The van der Waals surface area contributed by atoms with E-state index in [0.717, 1.165) is 19.3 Å². The average molecular weight is 284 g/mol. The van der Waals surface area contributed by atoms with Gasteiger partial charge >= 0.3 is 6.09 Å². The molecule has 0 unspecified atom stereocenters. The molecule has 0 aliphatic heterocycles. The molecule has 1 aliphatic rings. The highest BCUT2D eigenvalue weighted by molar-refractivity contribution is 5.85. The Morgan fingerprint density at radius 2 is 1.80 bits per heavy atom. The molecule has 3 atom stereocenters. The SMILES string of the molecule is C[C@H](NC(=O)OC(C)(C)C)C(=O)N[C@H]1CCCC[C@@H]1C. The van der Waals surface area contributed by atoms with Crippen molar-refractivity contribution in [2.75, 3.05) is 0 Å². The van der Waals surface area contributed by atoms with Crippen molar-refractivity contribution in [1.29, 1.82) is 0 Å². The third kappa shape index (κ3) is 5.80. The summed E-state index contributed by atoms with van der Waals surface area (Å²) in [6, 6.07) is -0.363. The van der Waals surface area contributed by atoms with Crippen LogP contribution in [0.25, 0.3) is 0 Å². The largest absolute Gasteiger partial charge is 0.444 e. The van der Waals surface area contributed by atoms with Gasteiger partial charge in [-0.2, -0.15) is 0 Å². The van der Waals surface area contributed by atoms with Crippen molar-refractivity contribution in [2.45, 2.75) is 78.0 Å². The predicted molar refractivity (Wildman–Crippen MR) is 78.4 cm³/mol. The lowest BCUT2D eigenvalue weighted by Crippen LogP contribution is -2.51. The maximum absolute atomic E-state index is 12.1. The van der Waals surface area contributed by atoms with E-state index in [1.807, 2.05) is 0 Å². The normalized spacial score (nSPS) is 24.6. The minimum absolute atomic E-state index is 0.144. The van der Waals surface area contributed by atoms with Crippen LogP contribution in [-0.2, 0) is 9.53 Å². The molecule has 20 heavy (non-hydrogen) atoms. The van der Waals surface area contributed by atoms with Gasteiger partial charge in [0.05, 0.1) is 0 Å². The first-order valence-corrected chi connectivity index (χ1v) is 7.49. The van der Waals surface area contributed by atoms with Gasteiger partial charge in [-0.3, -0.25) is 4.79 Å². The zero-order valence-electron chi connectivity index (χ0n) is 13.3. The highest BCUT2D eigenvalue weighted by Crippen LogP contribution is 2.23. The summed E-state index contributed by atoms with van der Waals surface area (Å²) in [5.41, 5.74) is -0.557. The number of carbonyl (C=O) groups excluding carboxylic acids is 2. The highest BCUT2D eigenvalue weighted by atomic mass is 16.6. The van der Waals surface area contributed by atoms with E-state index in [2.05, 4.69) is 17.6 Å². The summed E-state index contributed by atoms with van der Waals surface area (Å²) >= 11 is 0. The van der Waals surface area contributed by atoms with Gasteiger partial charge in [0.25, 0.3) is 0 Å². The Morgan fingerprint density at radius 1 is 1.20 bits per heavy atom. The van der Waals surface area contributed by atoms with Crippen LogP contribution in [0.15, 0.2) is 0 Å². The van der Waals surface area contributed by atoms with Crippen LogP contribution in [-0.4, -0.2) is 29.7 Å². The highest BCUT2D eigenvalue weighted by Gasteiger charge is 2.26. The van der Waals surface area contributed by atoms with E-state index in [0.29, 0.717) is 5.92 Å². The number of nitrogens with one attached hydrogen (secondary N) is 2. The molecule has 116 valence electrons. The second-order valence-electron chi connectivity index (χ2n) is 6.74. The molecule has 1 saturated carbocycles. The molecule has 0 spiro atoms. The van der Waals surface area contributed by atoms with Gasteiger partial charge in [0, 0.05) is 6.04 Å². The Kier molecular flexibility index (Phi) is 5.84. The van der Waals surface area contributed by atoms with Gasteiger partial charge in [-0.25, -0.2) is 4.79 Å². The molecule has 5 nitrogen and oxygen atoms in total. The second-order valence-corrected chi connectivity index (χ2v) is 6.74. The summed E-state index contributed by atoms with van der Waals surface area (Å²) in [4.78, 5) is 23.7. The van der Waals surface area contributed by atoms with Crippen LogP contribution in [0, 0.1) is 5.92 Å². The van der Waals surface area contributed by atoms with E-state index in [9.17, 15) is 9.59 Å². The minimum atomic E-state index is -0.584. The topological polar surface area (TPSA) is 67.4 Å². The molecule has 0 radical (unpaired) electrons. The standard InChI is InChI=1S/C15H28N2O3/c1-10-8-6-7-9-12(10)17-13(18)11(2)16-14(19)20-15(3,4)5/h10-12H,6-9H2,1-5H3,(H,16,19)(H,17,18)/t10-,11-,12-/m0/s1. The van der Waals surface area contributed by atoms with Crippen molar-refractivity contribution in [2.24, 2.45) is 5.92 Å². The monoisotopic (exact) mass is 284 g/mol. The number of amides is 2. The van der Waals surface area contributed by atoms with Gasteiger partial charge in [-0.05, 0) is 46.5 Å². The quantitative estimate of drug-likeness (QED) is 0.837. The van der Waals surface area contributed by atoms with Crippen LogP contribution in [0.3, 0.4) is 0 Å².